The molecule has 0 aromatic carbocycles. The van der Waals surface area contributed by atoms with E-state index in [0.29, 0.717) is 0 Å². The van der Waals surface area contributed by atoms with Crippen LogP contribution in [0.25, 0.3) is 0 Å². The maximum absolute atomic E-state index is 5.49. The summed E-state index contributed by atoms with van der Waals surface area (Å²) in [6, 6.07) is 0. The van der Waals surface area contributed by atoms with E-state index in [1.165, 1.54) is 64.2 Å². The third kappa shape index (κ3) is 6.92. The summed E-state index contributed by atoms with van der Waals surface area (Å²) in [6.45, 7) is 3.14. The first kappa shape index (κ1) is 13.6. The Kier molecular flexibility index (Phi) is 8.28. The molecule has 1 nitrogen and oxygen atoms in total. The molecule has 1 aliphatic rings. The fourth-order valence-corrected chi connectivity index (χ4v) is 2.46. The topological polar surface area (TPSA) is 9.23 Å². The molecule has 0 radical (unpaired) electrons. The van der Waals surface area contributed by atoms with Crippen molar-refractivity contribution in [3.05, 3.63) is 12.3 Å². The highest BCUT2D eigenvalue weighted by molar-refractivity contribution is 4.73. The van der Waals surface area contributed by atoms with Crippen LogP contribution in [0.4, 0.5) is 0 Å². The van der Waals surface area contributed by atoms with Gasteiger partial charge >= 0.3 is 0 Å². The lowest BCUT2D eigenvalue weighted by molar-refractivity contribution is 0.222. The zero-order valence-electron chi connectivity index (χ0n) is 10.9. The van der Waals surface area contributed by atoms with E-state index in [1.54, 1.807) is 0 Å². The molecule has 1 saturated carbocycles. The van der Waals surface area contributed by atoms with Gasteiger partial charge in [-0.25, -0.2) is 0 Å². The lowest BCUT2D eigenvalue weighted by Gasteiger charge is -2.20. The Hall–Kier alpha value is -0.460. The van der Waals surface area contributed by atoms with Crippen molar-refractivity contribution in [1.82, 2.24) is 0 Å². The van der Waals surface area contributed by atoms with E-state index in [1.807, 2.05) is 6.26 Å². The van der Waals surface area contributed by atoms with Crippen LogP contribution in [0.5, 0.6) is 0 Å². The number of unbranched alkanes of at least 4 members (excludes halogenated alkanes) is 2. The van der Waals surface area contributed by atoms with Crippen LogP contribution in [0.15, 0.2) is 12.3 Å². The van der Waals surface area contributed by atoms with E-state index in [4.69, 9.17) is 4.74 Å². The predicted molar refractivity (Wildman–Crippen MR) is 70.4 cm³/mol. The molecule has 0 aromatic rings. The molecule has 0 aromatic heterocycles. The maximum Gasteiger partial charge on any atom is 0.0873 e. The van der Waals surface area contributed by atoms with Crippen LogP contribution in [0, 0.1) is 5.92 Å². The van der Waals surface area contributed by atoms with Crippen LogP contribution in [-0.2, 0) is 4.74 Å². The molecular weight excluding hydrogens is 196 g/mol. The highest BCUT2D eigenvalue weighted by atomic mass is 16.5. The van der Waals surface area contributed by atoms with Crippen LogP contribution in [0.3, 0.4) is 0 Å². The zero-order chi connectivity index (χ0) is 11.5. The molecule has 0 bridgehead atoms. The summed E-state index contributed by atoms with van der Waals surface area (Å²) in [6.07, 6.45) is 17.7. The smallest absolute Gasteiger partial charge is 0.0873 e. The Balaban J connectivity index is 1.85. The molecule has 16 heavy (non-hydrogen) atoms. The fourth-order valence-electron chi connectivity index (χ4n) is 2.46. The summed E-state index contributed by atoms with van der Waals surface area (Å²) in [4.78, 5) is 0. The van der Waals surface area contributed by atoms with Crippen molar-refractivity contribution in [3.63, 3.8) is 0 Å². The van der Waals surface area contributed by atoms with E-state index in [2.05, 4.69) is 13.0 Å². The number of hydrogen-bond acceptors (Lipinski definition) is 1. The SMILES string of the molecule is CCCCC=COCCCC1CCCCC1. The molecule has 0 aliphatic heterocycles. The second-order valence-corrected chi connectivity index (χ2v) is 5.03. The van der Waals surface area contributed by atoms with Gasteiger partial charge in [-0.15, -0.1) is 0 Å². The molecule has 0 heterocycles. The van der Waals surface area contributed by atoms with Gasteiger partial charge in [-0.1, -0.05) is 45.4 Å². The quantitative estimate of drug-likeness (QED) is 0.413. The molecule has 1 rings (SSSR count). The summed E-state index contributed by atoms with van der Waals surface area (Å²) in [7, 11) is 0. The van der Waals surface area contributed by atoms with Crippen molar-refractivity contribution in [2.75, 3.05) is 6.61 Å². The average molecular weight is 224 g/mol. The summed E-state index contributed by atoms with van der Waals surface area (Å²) in [5.74, 6) is 1.00. The van der Waals surface area contributed by atoms with Gasteiger partial charge in [0.15, 0.2) is 0 Å². The molecule has 1 fully saturated rings. The first-order valence-corrected chi connectivity index (χ1v) is 7.20. The first-order valence-electron chi connectivity index (χ1n) is 7.20. The second kappa shape index (κ2) is 9.74. The van der Waals surface area contributed by atoms with Crippen molar-refractivity contribution in [2.45, 2.75) is 71.1 Å². The van der Waals surface area contributed by atoms with Gasteiger partial charge < -0.3 is 4.74 Å². The van der Waals surface area contributed by atoms with Gasteiger partial charge in [0.2, 0.25) is 0 Å². The average Bonchev–Trinajstić information content (AvgIpc) is 2.34. The van der Waals surface area contributed by atoms with Gasteiger partial charge in [-0.3, -0.25) is 0 Å². The van der Waals surface area contributed by atoms with E-state index in [0.717, 1.165) is 12.5 Å². The molecular formula is C15H28O. The first-order chi connectivity index (χ1) is 7.93. The van der Waals surface area contributed by atoms with Crippen LogP contribution >= 0.6 is 0 Å². The van der Waals surface area contributed by atoms with Gasteiger partial charge in [0.05, 0.1) is 12.9 Å². The highest BCUT2D eigenvalue weighted by Crippen LogP contribution is 2.27. The van der Waals surface area contributed by atoms with Gasteiger partial charge in [0, 0.05) is 0 Å². The summed E-state index contributed by atoms with van der Waals surface area (Å²) < 4.78 is 5.49. The van der Waals surface area contributed by atoms with E-state index < -0.39 is 0 Å². The van der Waals surface area contributed by atoms with E-state index in [9.17, 15) is 0 Å². The Morgan fingerprint density at radius 2 is 1.94 bits per heavy atom. The minimum absolute atomic E-state index is 0.916. The molecule has 0 unspecified atom stereocenters. The number of hydrogen-bond donors (Lipinski definition) is 0. The number of allylic oxidation sites excluding steroid dienone is 1. The van der Waals surface area contributed by atoms with Crippen molar-refractivity contribution in [2.24, 2.45) is 5.92 Å². The van der Waals surface area contributed by atoms with Gasteiger partial charge in [-0.2, -0.15) is 0 Å². The molecule has 1 heteroatoms. The van der Waals surface area contributed by atoms with Crippen molar-refractivity contribution >= 4 is 0 Å². The highest BCUT2D eigenvalue weighted by Gasteiger charge is 2.12. The van der Waals surface area contributed by atoms with Crippen LogP contribution in [0.2, 0.25) is 0 Å². The Morgan fingerprint density at radius 1 is 1.12 bits per heavy atom. The van der Waals surface area contributed by atoms with Crippen LogP contribution in [0.1, 0.15) is 71.1 Å². The molecule has 0 N–H and O–H groups in total. The number of rotatable bonds is 8. The molecule has 0 saturated heterocycles. The second-order valence-electron chi connectivity index (χ2n) is 5.03. The van der Waals surface area contributed by atoms with Crippen molar-refractivity contribution < 1.29 is 4.74 Å². The van der Waals surface area contributed by atoms with Crippen LogP contribution < -0.4 is 0 Å². The lowest BCUT2D eigenvalue weighted by atomic mass is 9.86. The maximum atomic E-state index is 5.49. The monoisotopic (exact) mass is 224 g/mol. The predicted octanol–water partition coefficient (Wildman–Crippen LogP) is 5.07. The minimum Gasteiger partial charge on any atom is -0.502 e. The fraction of sp³-hybridized carbons (Fsp3) is 0.867. The molecule has 0 spiro atoms. The summed E-state index contributed by atoms with van der Waals surface area (Å²) >= 11 is 0. The van der Waals surface area contributed by atoms with E-state index >= 15 is 0 Å². The standard InChI is InChI=1S/C15H28O/c1-2-3-4-8-13-16-14-9-12-15-10-6-5-7-11-15/h8,13,15H,2-7,9-12,14H2,1H3. The molecule has 1 aliphatic carbocycles. The third-order valence-corrected chi connectivity index (χ3v) is 3.52. The minimum atomic E-state index is 0.916. The van der Waals surface area contributed by atoms with Gasteiger partial charge in [0.1, 0.15) is 0 Å². The zero-order valence-corrected chi connectivity index (χ0v) is 10.9. The molecule has 94 valence electrons. The Bertz CT molecular complexity index is 168. The molecule has 0 amide bonds. The normalized spacial score (nSPS) is 18.1. The van der Waals surface area contributed by atoms with Gasteiger partial charge in [0.25, 0.3) is 0 Å². The number of ether oxygens (including phenoxy) is 1. The lowest BCUT2D eigenvalue weighted by Crippen LogP contribution is -2.06. The summed E-state index contributed by atoms with van der Waals surface area (Å²) in [5, 5.41) is 0. The van der Waals surface area contributed by atoms with Gasteiger partial charge in [-0.05, 0) is 37.7 Å². The van der Waals surface area contributed by atoms with Crippen LogP contribution in [-0.4, -0.2) is 6.61 Å². The van der Waals surface area contributed by atoms with Crippen molar-refractivity contribution in [1.29, 1.82) is 0 Å². The third-order valence-electron chi connectivity index (χ3n) is 3.52. The van der Waals surface area contributed by atoms with E-state index in [-0.39, 0.29) is 0 Å². The Labute approximate surface area is 101 Å². The summed E-state index contributed by atoms with van der Waals surface area (Å²) in [5.41, 5.74) is 0. The Morgan fingerprint density at radius 3 is 2.69 bits per heavy atom. The molecule has 0 atom stereocenters. The van der Waals surface area contributed by atoms with Crippen molar-refractivity contribution in [3.8, 4) is 0 Å². The largest absolute Gasteiger partial charge is 0.502 e.